The topological polar surface area (TPSA) is 75.1 Å². The molecule has 5 nitrogen and oxygen atoms in total. The molecule has 35 heavy (non-hydrogen) atoms. The number of halogens is 2. The molecule has 5 atom stereocenters. The Hall–Kier alpha value is -2.47. The lowest BCUT2D eigenvalue weighted by molar-refractivity contribution is -0.131. The number of carbonyl (C=O) groups is 1. The van der Waals surface area contributed by atoms with Gasteiger partial charge in [-0.25, -0.2) is 9.97 Å². The van der Waals surface area contributed by atoms with Gasteiger partial charge in [-0.2, -0.15) is 0 Å². The zero-order chi connectivity index (χ0) is 24.7. The molecule has 3 aromatic rings. The van der Waals surface area contributed by atoms with Crippen LogP contribution in [0.5, 0.6) is 0 Å². The van der Waals surface area contributed by atoms with Gasteiger partial charge in [-0.1, -0.05) is 54.4 Å². The molecule has 5 rings (SSSR count). The van der Waals surface area contributed by atoms with Crippen LogP contribution < -0.4 is 5.32 Å². The number of amides is 1. The number of aliphatic hydroxyl groups is 1. The number of nitrogens with one attached hydrogen (secondary N) is 1. The van der Waals surface area contributed by atoms with Gasteiger partial charge in [0.1, 0.15) is 5.82 Å². The Morgan fingerprint density at radius 1 is 1.09 bits per heavy atom. The van der Waals surface area contributed by atoms with Crippen LogP contribution in [0.3, 0.4) is 0 Å². The summed E-state index contributed by atoms with van der Waals surface area (Å²) in [5.74, 6) is 0.831. The van der Waals surface area contributed by atoms with Crippen molar-refractivity contribution < 1.29 is 9.90 Å². The molecular formula is C28H29Cl2N3O2. The number of hydrogen-bond acceptors (Lipinski definition) is 4. The molecule has 1 unspecified atom stereocenters. The molecule has 2 aliphatic rings. The molecule has 2 aromatic carbocycles. The Labute approximate surface area is 215 Å². The quantitative estimate of drug-likeness (QED) is 0.447. The maximum Gasteiger partial charge on any atom is 0.226 e. The fourth-order valence-electron chi connectivity index (χ4n) is 6.41. The molecule has 182 valence electrons. The van der Waals surface area contributed by atoms with Crippen molar-refractivity contribution in [1.29, 1.82) is 0 Å². The van der Waals surface area contributed by atoms with Crippen molar-refractivity contribution >= 4 is 29.1 Å². The highest BCUT2D eigenvalue weighted by Gasteiger charge is 2.60. The predicted molar refractivity (Wildman–Crippen MR) is 139 cm³/mol. The number of aliphatic hydroxyl groups excluding tert-OH is 1. The molecule has 1 aliphatic heterocycles. The number of benzene rings is 2. The molecule has 0 radical (unpaired) electrons. The third kappa shape index (κ3) is 4.14. The Balaban J connectivity index is 1.60. The highest BCUT2D eigenvalue weighted by molar-refractivity contribution is 6.31. The summed E-state index contributed by atoms with van der Waals surface area (Å²) < 4.78 is 0. The first-order valence-electron chi connectivity index (χ1n) is 12.1. The predicted octanol–water partition coefficient (Wildman–Crippen LogP) is 5.92. The van der Waals surface area contributed by atoms with Crippen LogP contribution >= 0.6 is 23.2 Å². The molecule has 2 fully saturated rings. The Morgan fingerprint density at radius 3 is 2.43 bits per heavy atom. The van der Waals surface area contributed by atoms with Gasteiger partial charge in [-0.05, 0) is 72.9 Å². The summed E-state index contributed by atoms with van der Waals surface area (Å²) in [6.45, 7) is 3.85. The minimum atomic E-state index is -0.500. The number of hydrogen-bond donors (Lipinski definition) is 2. The van der Waals surface area contributed by atoms with Gasteiger partial charge in [-0.15, -0.1) is 0 Å². The van der Waals surface area contributed by atoms with E-state index in [1.54, 1.807) is 0 Å². The van der Waals surface area contributed by atoms with Crippen LogP contribution in [-0.2, 0) is 4.79 Å². The largest absolute Gasteiger partial charge is 0.394 e. The zero-order valence-electron chi connectivity index (χ0n) is 19.8. The van der Waals surface area contributed by atoms with Gasteiger partial charge in [0.05, 0.1) is 18.1 Å². The lowest BCUT2D eigenvalue weighted by Crippen LogP contribution is -2.45. The van der Waals surface area contributed by atoms with E-state index in [1.165, 1.54) is 0 Å². The van der Waals surface area contributed by atoms with E-state index < -0.39 is 5.41 Å². The number of nitrogens with zero attached hydrogens (tertiary/aromatic N) is 2. The molecule has 1 saturated carbocycles. The molecule has 1 aliphatic carbocycles. The van der Waals surface area contributed by atoms with Gasteiger partial charge in [-0.3, -0.25) is 4.79 Å². The first-order chi connectivity index (χ1) is 16.9. The maximum absolute atomic E-state index is 13.2. The maximum atomic E-state index is 13.2. The van der Waals surface area contributed by atoms with Gasteiger partial charge < -0.3 is 10.4 Å². The highest BCUT2D eigenvalue weighted by Crippen LogP contribution is 2.60. The molecule has 2 N–H and O–H groups in total. The summed E-state index contributed by atoms with van der Waals surface area (Å²) >= 11 is 13.2. The van der Waals surface area contributed by atoms with E-state index in [4.69, 9.17) is 23.2 Å². The van der Waals surface area contributed by atoms with E-state index in [1.807, 2.05) is 37.5 Å². The van der Waals surface area contributed by atoms with Crippen molar-refractivity contribution in [3.8, 4) is 11.1 Å². The van der Waals surface area contributed by atoms with E-state index in [2.05, 4.69) is 46.5 Å². The van der Waals surface area contributed by atoms with E-state index in [0.29, 0.717) is 10.0 Å². The Bertz CT molecular complexity index is 1230. The Kier molecular flexibility index (Phi) is 6.60. The highest BCUT2D eigenvalue weighted by atomic mass is 35.5. The van der Waals surface area contributed by atoms with Crippen molar-refractivity contribution in [2.24, 2.45) is 11.3 Å². The third-order valence-corrected chi connectivity index (χ3v) is 8.74. The average molecular weight is 510 g/mol. The fourth-order valence-corrected chi connectivity index (χ4v) is 6.86. The van der Waals surface area contributed by atoms with Crippen molar-refractivity contribution in [3.05, 3.63) is 81.9 Å². The summed E-state index contributed by atoms with van der Waals surface area (Å²) in [4.78, 5) is 21.8. The van der Waals surface area contributed by atoms with Crippen molar-refractivity contribution in [1.82, 2.24) is 15.3 Å². The second-order valence-corrected chi connectivity index (χ2v) is 10.6. The van der Waals surface area contributed by atoms with Gasteiger partial charge in [0.2, 0.25) is 5.91 Å². The monoisotopic (exact) mass is 509 g/mol. The van der Waals surface area contributed by atoms with Crippen LogP contribution in [0.2, 0.25) is 10.0 Å². The summed E-state index contributed by atoms with van der Waals surface area (Å²) in [6.07, 6.45) is 5.94. The summed E-state index contributed by atoms with van der Waals surface area (Å²) in [5, 5.41) is 14.7. The van der Waals surface area contributed by atoms with Crippen molar-refractivity contribution in [2.45, 2.75) is 51.0 Å². The molecule has 1 amide bonds. The Morgan fingerprint density at radius 2 is 1.80 bits per heavy atom. The normalized spacial score (nSPS) is 28.0. The van der Waals surface area contributed by atoms with Crippen LogP contribution in [0.4, 0.5) is 0 Å². The molecule has 0 bridgehead atoms. The third-order valence-electron chi connectivity index (χ3n) is 8.16. The first-order valence-corrected chi connectivity index (χ1v) is 12.9. The minimum absolute atomic E-state index is 0.00289. The standard InChI is InChI=1S/C28H29Cl2N3O2/c1-3-28-11-10-22(21-9-6-18(12-23(21)30)19-13-31-16(2)32-14-19)25(17-4-7-20(29)8-5-17)26(28)24(15-34)33-27(28)35/h4-9,12-14,22,24-26,34H,3,10-11,15H2,1-2H3,(H,33,35)/t22-,24+,25?,26-,28+/m0/s1. The SMILES string of the molecule is CC[C@@]12CC[C@@H](c3ccc(-c4cnc(C)nc4)cc3Cl)C(c3ccc(Cl)cc3)[C@@H]1[C@@H](CO)NC2=O. The summed E-state index contributed by atoms with van der Waals surface area (Å²) in [6, 6.07) is 13.7. The minimum Gasteiger partial charge on any atom is -0.394 e. The fraction of sp³-hybridized carbons (Fsp3) is 0.393. The van der Waals surface area contributed by atoms with Crippen LogP contribution in [0.25, 0.3) is 11.1 Å². The van der Waals surface area contributed by atoms with Crippen molar-refractivity contribution in [3.63, 3.8) is 0 Å². The summed E-state index contributed by atoms with van der Waals surface area (Å²) in [5.41, 5.74) is 3.55. The second kappa shape index (κ2) is 9.53. The van der Waals surface area contributed by atoms with Crippen LogP contribution in [0.1, 0.15) is 55.0 Å². The molecule has 2 heterocycles. The molecule has 1 aromatic heterocycles. The number of aromatic nitrogens is 2. The number of carbonyl (C=O) groups excluding carboxylic acids is 1. The van der Waals surface area contributed by atoms with Crippen LogP contribution in [0.15, 0.2) is 54.9 Å². The first kappa shape index (κ1) is 24.2. The number of fused-ring (bicyclic) bond motifs is 1. The molecular weight excluding hydrogens is 481 g/mol. The van der Waals surface area contributed by atoms with Gasteiger partial charge in [0.15, 0.2) is 0 Å². The number of aryl methyl sites for hydroxylation is 1. The van der Waals surface area contributed by atoms with Crippen LogP contribution in [0, 0.1) is 18.3 Å². The average Bonchev–Trinajstić information content (AvgIpc) is 3.16. The molecule has 1 saturated heterocycles. The zero-order valence-corrected chi connectivity index (χ0v) is 21.4. The second-order valence-electron chi connectivity index (χ2n) is 9.78. The van der Waals surface area contributed by atoms with E-state index >= 15 is 0 Å². The van der Waals surface area contributed by atoms with Gasteiger partial charge in [0, 0.05) is 33.9 Å². The lowest BCUT2D eigenvalue weighted by atomic mass is 9.54. The summed E-state index contributed by atoms with van der Waals surface area (Å²) in [7, 11) is 0. The van der Waals surface area contributed by atoms with Crippen LogP contribution in [-0.4, -0.2) is 33.6 Å². The molecule has 7 heteroatoms. The lowest BCUT2D eigenvalue weighted by Gasteiger charge is -2.48. The van der Waals surface area contributed by atoms with E-state index in [0.717, 1.165) is 47.3 Å². The van der Waals surface area contributed by atoms with Gasteiger partial charge in [0.25, 0.3) is 0 Å². The molecule has 0 spiro atoms. The number of rotatable bonds is 5. The van der Waals surface area contributed by atoms with E-state index in [9.17, 15) is 9.90 Å². The van der Waals surface area contributed by atoms with Gasteiger partial charge >= 0.3 is 0 Å². The smallest absolute Gasteiger partial charge is 0.226 e. The van der Waals surface area contributed by atoms with E-state index in [-0.39, 0.29) is 36.3 Å². The van der Waals surface area contributed by atoms with Crippen molar-refractivity contribution in [2.75, 3.05) is 6.61 Å².